The maximum absolute atomic E-state index is 4.57. The lowest BCUT2D eigenvalue weighted by molar-refractivity contribution is -0.00000632. The van der Waals surface area contributed by atoms with Crippen LogP contribution in [0.2, 0.25) is 0 Å². The molecule has 0 N–H and O–H groups in total. The van der Waals surface area contributed by atoms with Gasteiger partial charge in [0.15, 0.2) is 12.4 Å². The second-order valence-corrected chi connectivity index (χ2v) is 8.30. The van der Waals surface area contributed by atoms with E-state index < -0.39 is 0 Å². The van der Waals surface area contributed by atoms with Gasteiger partial charge in [0.1, 0.15) is 17.1 Å². The van der Waals surface area contributed by atoms with Crippen LogP contribution in [-0.4, -0.2) is 22.8 Å². The first-order valence-electron chi connectivity index (χ1n) is 11.1. The SMILES string of the molecule is Br.[Br-].c1ccc([N+]2(c3ccccc3)CN(CCn3cnc4ccccc43)c3ccccc32)cc1. The van der Waals surface area contributed by atoms with Gasteiger partial charge in [-0.05, 0) is 18.2 Å². The maximum Gasteiger partial charge on any atom is 0.169 e. The molecule has 4 aromatic carbocycles. The number of aromatic nitrogens is 2. The first-order valence-corrected chi connectivity index (χ1v) is 11.1. The van der Waals surface area contributed by atoms with Crippen LogP contribution in [0.3, 0.4) is 0 Å². The van der Waals surface area contributed by atoms with Gasteiger partial charge >= 0.3 is 0 Å². The summed E-state index contributed by atoms with van der Waals surface area (Å²) in [7, 11) is 0. The number of imidazole rings is 1. The zero-order chi connectivity index (χ0) is 21.4. The first kappa shape index (κ1) is 24.2. The van der Waals surface area contributed by atoms with E-state index in [1.165, 1.54) is 28.3 Å². The highest BCUT2D eigenvalue weighted by atomic mass is 79.9. The van der Waals surface area contributed by atoms with E-state index in [9.17, 15) is 0 Å². The van der Waals surface area contributed by atoms with Gasteiger partial charge < -0.3 is 26.4 Å². The van der Waals surface area contributed by atoms with Crippen LogP contribution in [0, 0.1) is 0 Å². The highest BCUT2D eigenvalue weighted by molar-refractivity contribution is 8.93. The van der Waals surface area contributed by atoms with Crippen LogP contribution in [0.25, 0.3) is 11.0 Å². The third kappa shape index (κ3) is 3.96. The molecule has 0 saturated heterocycles. The van der Waals surface area contributed by atoms with Crippen molar-refractivity contribution in [2.75, 3.05) is 18.1 Å². The molecule has 34 heavy (non-hydrogen) atoms. The second-order valence-electron chi connectivity index (χ2n) is 8.30. The molecule has 2 heterocycles. The van der Waals surface area contributed by atoms with Gasteiger partial charge in [-0.1, -0.05) is 60.7 Å². The summed E-state index contributed by atoms with van der Waals surface area (Å²) < 4.78 is 2.96. The van der Waals surface area contributed by atoms with Crippen molar-refractivity contribution in [3.63, 3.8) is 0 Å². The van der Waals surface area contributed by atoms with Gasteiger partial charge in [0.25, 0.3) is 0 Å². The van der Waals surface area contributed by atoms with E-state index in [4.69, 9.17) is 0 Å². The number of hydrogen-bond acceptors (Lipinski definition) is 2. The highest BCUT2D eigenvalue weighted by Crippen LogP contribution is 2.52. The monoisotopic (exact) mass is 576 g/mol. The number of nitrogens with zero attached hydrogens (tertiary/aromatic N) is 4. The van der Waals surface area contributed by atoms with Crippen molar-refractivity contribution in [1.82, 2.24) is 14.0 Å². The number of fused-ring (bicyclic) bond motifs is 2. The number of para-hydroxylation sites is 6. The lowest BCUT2D eigenvalue weighted by Crippen LogP contribution is -3.00. The van der Waals surface area contributed by atoms with Crippen molar-refractivity contribution >= 4 is 50.8 Å². The highest BCUT2D eigenvalue weighted by Gasteiger charge is 2.46. The molecular weight excluding hydrogens is 552 g/mol. The zero-order valence-electron chi connectivity index (χ0n) is 18.7. The predicted octanol–water partition coefficient (Wildman–Crippen LogP) is 4.07. The quantitative estimate of drug-likeness (QED) is 0.294. The lowest BCUT2D eigenvalue weighted by atomic mass is 10.1. The van der Waals surface area contributed by atoms with Crippen molar-refractivity contribution in [1.29, 1.82) is 0 Å². The molecule has 1 aromatic heterocycles. The minimum atomic E-state index is 0. The van der Waals surface area contributed by atoms with Crippen molar-refractivity contribution < 1.29 is 17.0 Å². The number of benzene rings is 4. The Morgan fingerprint density at radius 2 is 1.26 bits per heavy atom. The Labute approximate surface area is 221 Å². The van der Waals surface area contributed by atoms with Gasteiger partial charge in [-0.3, -0.25) is 0 Å². The third-order valence-electron chi connectivity index (χ3n) is 6.55. The molecule has 0 saturated carbocycles. The normalized spacial score (nSPS) is 13.7. The van der Waals surface area contributed by atoms with Gasteiger partial charge in [-0.15, -0.1) is 17.0 Å². The van der Waals surface area contributed by atoms with Gasteiger partial charge in [0, 0.05) is 43.4 Å². The van der Waals surface area contributed by atoms with Crippen molar-refractivity contribution in [2.45, 2.75) is 6.54 Å². The summed E-state index contributed by atoms with van der Waals surface area (Å²) in [5.74, 6) is 0. The Morgan fingerprint density at radius 3 is 1.97 bits per heavy atom. The van der Waals surface area contributed by atoms with Crippen LogP contribution in [0.4, 0.5) is 22.7 Å². The smallest absolute Gasteiger partial charge is 0.169 e. The molecule has 6 rings (SSSR count). The summed E-state index contributed by atoms with van der Waals surface area (Å²) >= 11 is 0. The minimum Gasteiger partial charge on any atom is -1.00 e. The lowest BCUT2D eigenvalue weighted by Gasteiger charge is -2.33. The Kier molecular flexibility index (Phi) is 7.22. The maximum atomic E-state index is 4.57. The summed E-state index contributed by atoms with van der Waals surface area (Å²) in [4.78, 5) is 7.09. The fraction of sp³-hybridized carbons (Fsp3) is 0.107. The Balaban J connectivity index is 0.00000137. The van der Waals surface area contributed by atoms with Crippen molar-refractivity contribution in [3.8, 4) is 0 Å². The molecule has 172 valence electrons. The molecule has 0 aliphatic carbocycles. The fourth-order valence-corrected chi connectivity index (χ4v) is 5.03. The number of halogens is 2. The van der Waals surface area contributed by atoms with E-state index >= 15 is 0 Å². The largest absolute Gasteiger partial charge is 1.00 e. The van der Waals surface area contributed by atoms with Crippen molar-refractivity contribution in [3.05, 3.63) is 116 Å². The van der Waals surface area contributed by atoms with Crippen LogP contribution in [0.15, 0.2) is 116 Å². The Morgan fingerprint density at radius 1 is 0.676 bits per heavy atom. The summed E-state index contributed by atoms with van der Waals surface area (Å²) in [5, 5.41) is 0. The molecule has 0 amide bonds. The van der Waals surface area contributed by atoms with Crippen LogP contribution < -0.4 is 26.4 Å². The molecule has 0 bridgehead atoms. The van der Waals surface area contributed by atoms with E-state index in [-0.39, 0.29) is 34.0 Å². The van der Waals surface area contributed by atoms with Crippen LogP contribution in [0.1, 0.15) is 0 Å². The average molecular weight is 578 g/mol. The molecule has 0 spiro atoms. The number of hydrogen-bond donors (Lipinski definition) is 0. The zero-order valence-corrected chi connectivity index (χ0v) is 22.0. The van der Waals surface area contributed by atoms with E-state index in [2.05, 4.69) is 118 Å². The molecule has 0 unspecified atom stereocenters. The molecule has 1 aliphatic rings. The fourth-order valence-electron chi connectivity index (χ4n) is 5.03. The molecule has 1 aliphatic heterocycles. The van der Waals surface area contributed by atoms with E-state index in [0.29, 0.717) is 4.48 Å². The predicted molar refractivity (Wildman–Crippen MR) is 143 cm³/mol. The Bertz CT molecular complexity index is 1330. The number of anilines is 1. The van der Waals surface area contributed by atoms with Crippen LogP contribution in [-0.2, 0) is 6.54 Å². The summed E-state index contributed by atoms with van der Waals surface area (Å²) in [5.41, 5.74) is 7.41. The topological polar surface area (TPSA) is 21.1 Å². The van der Waals surface area contributed by atoms with Crippen molar-refractivity contribution in [2.24, 2.45) is 0 Å². The van der Waals surface area contributed by atoms with Gasteiger partial charge in [0.2, 0.25) is 0 Å². The molecule has 6 heteroatoms. The summed E-state index contributed by atoms with van der Waals surface area (Å²) in [6, 6.07) is 38.9. The molecule has 4 nitrogen and oxygen atoms in total. The van der Waals surface area contributed by atoms with Gasteiger partial charge in [-0.2, -0.15) is 0 Å². The molecule has 0 radical (unpaired) electrons. The Hall–Kier alpha value is -2.93. The first-order chi connectivity index (χ1) is 15.9. The number of quaternary nitrogens is 1. The average Bonchev–Trinajstić information content (AvgIpc) is 3.44. The molecule has 0 atom stereocenters. The van der Waals surface area contributed by atoms with Gasteiger partial charge in [-0.25, -0.2) is 9.47 Å². The summed E-state index contributed by atoms with van der Waals surface area (Å²) in [6.07, 6.45) is 1.96. The standard InChI is InChI=1S/C28H25N4.2BrH/c1-3-11-23(12-4-1)32(24-13-5-2-6-14-24)22-31(27-17-9-10-18-28(27)32)20-19-30-21-29-25-15-7-8-16-26(25)30;;/h1-18,21H,19-20,22H2;2*1H/q+1;;/p-1. The molecular formula is C28H26Br2N4. The third-order valence-corrected chi connectivity index (χ3v) is 6.55. The summed E-state index contributed by atoms with van der Waals surface area (Å²) in [6.45, 7) is 2.66. The van der Waals surface area contributed by atoms with Crippen LogP contribution in [0.5, 0.6) is 0 Å². The van der Waals surface area contributed by atoms with E-state index in [1.54, 1.807) is 0 Å². The van der Waals surface area contributed by atoms with E-state index in [1.807, 2.05) is 12.4 Å². The number of rotatable bonds is 5. The van der Waals surface area contributed by atoms with Crippen LogP contribution >= 0.6 is 17.0 Å². The molecule has 5 aromatic rings. The van der Waals surface area contributed by atoms with E-state index in [0.717, 1.165) is 25.3 Å². The van der Waals surface area contributed by atoms with Gasteiger partial charge in [0.05, 0.1) is 17.4 Å². The minimum absolute atomic E-state index is 0. The second kappa shape index (κ2) is 10.1. The molecule has 0 fully saturated rings.